The van der Waals surface area contributed by atoms with Crippen molar-refractivity contribution in [3.05, 3.63) is 41.5 Å². The summed E-state index contributed by atoms with van der Waals surface area (Å²) in [4.78, 5) is 0. The molecule has 0 heterocycles. The molecule has 1 atom stereocenters. The first-order chi connectivity index (χ1) is 8.25. The first kappa shape index (κ1) is 12.2. The quantitative estimate of drug-likeness (QED) is 0.780. The molecule has 0 aliphatic heterocycles. The highest BCUT2D eigenvalue weighted by Gasteiger charge is 2.09. The maximum absolute atomic E-state index is 9.72. The van der Waals surface area contributed by atoms with E-state index in [2.05, 4.69) is 24.4 Å². The first-order valence-electron chi connectivity index (χ1n) is 6.40. The Morgan fingerprint density at radius 3 is 3.00 bits per heavy atom. The lowest BCUT2D eigenvalue weighted by Gasteiger charge is -2.18. The highest BCUT2D eigenvalue weighted by Crippen LogP contribution is 2.19. The fraction of sp³-hybridized carbons (Fsp3) is 0.467. The average Bonchev–Trinajstić information content (AvgIpc) is 2.35. The van der Waals surface area contributed by atoms with Crippen molar-refractivity contribution in [1.29, 1.82) is 0 Å². The minimum absolute atomic E-state index is 0.395. The van der Waals surface area contributed by atoms with Crippen molar-refractivity contribution >= 4 is 0 Å². The second kappa shape index (κ2) is 5.87. The number of phenolic OH excluding ortho intramolecular Hbond substituents is 1. The largest absolute Gasteiger partial charge is 0.508 e. The van der Waals surface area contributed by atoms with Gasteiger partial charge in [-0.15, -0.1) is 0 Å². The molecule has 2 heteroatoms. The van der Waals surface area contributed by atoms with Gasteiger partial charge in [-0.05, 0) is 44.7 Å². The summed E-state index contributed by atoms with van der Waals surface area (Å²) in [7, 11) is 0. The van der Waals surface area contributed by atoms with E-state index in [0.29, 0.717) is 5.75 Å². The van der Waals surface area contributed by atoms with E-state index < -0.39 is 0 Å². The number of hydrogen-bond acceptors (Lipinski definition) is 2. The number of nitrogens with one attached hydrogen (secondary N) is 1. The molecule has 0 saturated carbocycles. The monoisotopic (exact) mass is 231 g/mol. The van der Waals surface area contributed by atoms with Crippen molar-refractivity contribution < 1.29 is 5.11 Å². The summed E-state index contributed by atoms with van der Waals surface area (Å²) in [5.74, 6) is 1.15. The molecule has 0 aromatic heterocycles. The molecule has 0 radical (unpaired) electrons. The Balaban J connectivity index is 1.81. The van der Waals surface area contributed by atoms with Crippen LogP contribution in [-0.2, 0) is 6.54 Å². The smallest absolute Gasteiger partial charge is 0.120 e. The Bertz CT molecular complexity index is 398. The second-order valence-electron chi connectivity index (χ2n) is 4.91. The molecule has 1 aromatic rings. The zero-order valence-corrected chi connectivity index (χ0v) is 10.4. The molecule has 92 valence electrons. The summed E-state index contributed by atoms with van der Waals surface area (Å²) in [5.41, 5.74) is 2.19. The molecule has 0 bridgehead atoms. The van der Waals surface area contributed by atoms with Gasteiger partial charge in [0.2, 0.25) is 0 Å². The SMILES string of the molecule is Cc1ccc(O)c(CNCC2CC=CCC2)c1. The molecule has 1 aliphatic carbocycles. The van der Waals surface area contributed by atoms with Crippen molar-refractivity contribution in [1.82, 2.24) is 5.32 Å². The Labute approximate surface area is 103 Å². The van der Waals surface area contributed by atoms with Gasteiger partial charge in [-0.1, -0.05) is 29.8 Å². The van der Waals surface area contributed by atoms with E-state index in [1.165, 1.54) is 24.8 Å². The van der Waals surface area contributed by atoms with E-state index in [-0.39, 0.29) is 0 Å². The van der Waals surface area contributed by atoms with Crippen molar-refractivity contribution in [2.24, 2.45) is 5.92 Å². The van der Waals surface area contributed by atoms with Gasteiger partial charge in [-0.3, -0.25) is 0 Å². The highest BCUT2D eigenvalue weighted by atomic mass is 16.3. The molecular formula is C15H21NO. The van der Waals surface area contributed by atoms with Gasteiger partial charge in [-0.25, -0.2) is 0 Å². The molecular weight excluding hydrogens is 210 g/mol. The van der Waals surface area contributed by atoms with Gasteiger partial charge in [0, 0.05) is 12.1 Å². The molecule has 2 rings (SSSR count). The number of benzene rings is 1. The van der Waals surface area contributed by atoms with E-state index in [0.717, 1.165) is 24.6 Å². The third-order valence-corrected chi connectivity index (χ3v) is 3.36. The van der Waals surface area contributed by atoms with Crippen molar-refractivity contribution in [2.75, 3.05) is 6.54 Å². The number of aryl methyl sites for hydroxylation is 1. The van der Waals surface area contributed by atoms with E-state index in [1.807, 2.05) is 12.1 Å². The van der Waals surface area contributed by atoms with Crippen molar-refractivity contribution in [3.63, 3.8) is 0 Å². The summed E-state index contributed by atoms with van der Waals surface area (Å²) in [5, 5.41) is 13.2. The Hall–Kier alpha value is -1.28. The van der Waals surface area contributed by atoms with Crippen LogP contribution >= 0.6 is 0 Å². The fourth-order valence-corrected chi connectivity index (χ4v) is 2.31. The second-order valence-corrected chi connectivity index (χ2v) is 4.91. The van der Waals surface area contributed by atoms with Crippen LogP contribution < -0.4 is 5.32 Å². The van der Waals surface area contributed by atoms with E-state index in [4.69, 9.17) is 0 Å². The van der Waals surface area contributed by atoms with Crippen LogP contribution in [0.1, 0.15) is 30.4 Å². The van der Waals surface area contributed by atoms with Crippen LogP contribution in [-0.4, -0.2) is 11.7 Å². The fourth-order valence-electron chi connectivity index (χ4n) is 2.31. The van der Waals surface area contributed by atoms with Gasteiger partial charge in [0.1, 0.15) is 5.75 Å². The van der Waals surface area contributed by atoms with Crippen LogP contribution in [0.3, 0.4) is 0 Å². The van der Waals surface area contributed by atoms with Crippen LogP contribution in [0.4, 0.5) is 0 Å². The summed E-state index contributed by atoms with van der Waals surface area (Å²) in [6.45, 7) is 3.85. The number of rotatable bonds is 4. The molecule has 0 amide bonds. The molecule has 1 unspecified atom stereocenters. The Morgan fingerprint density at radius 2 is 2.24 bits per heavy atom. The van der Waals surface area contributed by atoms with Crippen molar-refractivity contribution in [2.45, 2.75) is 32.7 Å². The molecule has 0 spiro atoms. The lowest BCUT2D eigenvalue weighted by Crippen LogP contribution is -2.23. The van der Waals surface area contributed by atoms with E-state index in [1.54, 1.807) is 6.07 Å². The third kappa shape index (κ3) is 3.60. The summed E-state index contributed by atoms with van der Waals surface area (Å²) in [6, 6.07) is 5.75. The van der Waals surface area contributed by atoms with Gasteiger partial charge in [0.25, 0.3) is 0 Å². The first-order valence-corrected chi connectivity index (χ1v) is 6.40. The lowest BCUT2D eigenvalue weighted by atomic mass is 9.94. The van der Waals surface area contributed by atoms with Crippen LogP contribution in [0.5, 0.6) is 5.75 Å². The van der Waals surface area contributed by atoms with E-state index in [9.17, 15) is 5.11 Å². The van der Waals surface area contributed by atoms with Crippen LogP contribution in [0.2, 0.25) is 0 Å². The topological polar surface area (TPSA) is 32.3 Å². The standard InChI is InChI=1S/C15H21NO/c1-12-7-8-15(17)14(9-12)11-16-10-13-5-3-2-4-6-13/h2-3,7-9,13,16-17H,4-6,10-11H2,1H3. The highest BCUT2D eigenvalue weighted by molar-refractivity contribution is 5.35. The maximum atomic E-state index is 9.72. The maximum Gasteiger partial charge on any atom is 0.120 e. The van der Waals surface area contributed by atoms with Crippen molar-refractivity contribution in [3.8, 4) is 5.75 Å². The summed E-state index contributed by atoms with van der Waals surface area (Å²) in [6.07, 6.45) is 8.22. The minimum Gasteiger partial charge on any atom is -0.508 e. The number of phenols is 1. The molecule has 1 aromatic carbocycles. The predicted molar refractivity (Wildman–Crippen MR) is 71.0 cm³/mol. The molecule has 0 saturated heterocycles. The van der Waals surface area contributed by atoms with Gasteiger partial charge in [-0.2, -0.15) is 0 Å². The normalized spacial score (nSPS) is 19.5. The molecule has 17 heavy (non-hydrogen) atoms. The van der Waals surface area contributed by atoms with Crippen LogP contribution in [0, 0.1) is 12.8 Å². The predicted octanol–water partition coefficient (Wildman–Crippen LogP) is 3.15. The summed E-state index contributed by atoms with van der Waals surface area (Å²) >= 11 is 0. The number of hydrogen-bond donors (Lipinski definition) is 2. The van der Waals surface area contributed by atoms with Crippen LogP contribution in [0.25, 0.3) is 0 Å². The molecule has 0 fully saturated rings. The lowest BCUT2D eigenvalue weighted by molar-refractivity contribution is 0.431. The van der Waals surface area contributed by atoms with Crippen LogP contribution in [0.15, 0.2) is 30.4 Å². The van der Waals surface area contributed by atoms with Gasteiger partial charge in [0.15, 0.2) is 0 Å². The average molecular weight is 231 g/mol. The summed E-state index contributed by atoms with van der Waals surface area (Å²) < 4.78 is 0. The van der Waals surface area contributed by atoms with Gasteiger partial charge < -0.3 is 10.4 Å². The van der Waals surface area contributed by atoms with Gasteiger partial charge in [0.05, 0.1) is 0 Å². The van der Waals surface area contributed by atoms with E-state index >= 15 is 0 Å². The number of allylic oxidation sites excluding steroid dienone is 2. The zero-order chi connectivity index (χ0) is 12.1. The molecule has 2 N–H and O–H groups in total. The minimum atomic E-state index is 0.395. The third-order valence-electron chi connectivity index (χ3n) is 3.36. The molecule has 1 aliphatic rings. The zero-order valence-electron chi connectivity index (χ0n) is 10.4. The van der Waals surface area contributed by atoms with Gasteiger partial charge >= 0.3 is 0 Å². The number of aromatic hydroxyl groups is 1. The Kier molecular flexibility index (Phi) is 4.21. The Morgan fingerprint density at radius 1 is 1.35 bits per heavy atom. The molecule has 2 nitrogen and oxygen atoms in total.